The van der Waals surface area contributed by atoms with Crippen LogP contribution in [0.25, 0.3) is 0 Å². The van der Waals surface area contributed by atoms with Gasteiger partial charge in [-0.1, -0.05) is 0 Å². The van der Waals surface area contributed by atoms with E-state index < -0.39 is 0 Å². The fourth-order valence-corrected chi connectivity index (χ4v) is 1.43. The Morgan fingerprint density at radius 3 is 2.67 bits per heavy atom. The first kappa shape index (κ1) is 15.1. The summed E-state index contributed by atoms with van der Waals surface area (Å²) in [5.74, 6) is -0.255. The molecule has 0 aliphatic heterocycles. The number of carbonyl (C=O) groups is 1. The molecular weight excluding hydrogens is 320 g/mol. The Hall–Kier alpha value is 0.563. The molecule has 0 N–H and O–H groups in total. The molecule has 0 saturated heterocycles. The minimum Gasteiger partial charge on any atom is -1.00 e. The van der Waals surface area contributed by atoms with Crippen molar-refractivity contribution < 1.29 is 51.8 Å². The van der Waals surface area contributed by atoms with Crippen molar-refractivity contribution in [1.29, 1.82) is 0 Å². The Morgan fingerprint density at radius 2 is 2.17 bits per heavy atom. The summed E-state index contributed by atoms with van der Waals surface area (Å²) in [5.41, 5.74) is 0. The number of allylic oxidation sites excluding steroid dienone is 1. The molecule has 0 bridgehead atoms. The zero-order valence-corrected chi connectivity index (χ0v) is 12.5. The number of unbranched alkanes of at least 4 members (excludes halogenated alkanes) is 2. The van der Waals surface area contributed by atoms with Gasteiger partial charge in [-0.25, -0.2) is 0 Å². The molecule has 0 fully saturated rings. The molecule has 0 radical (unpaired) electrons. The standard InChI is InChI=1S/C8H13O2.HI.Zn/c1-3-4-5-6-7-8(9)10-2;;/h6-7H,1,3-5H2,2H3;1H;/q;;+1/p-1. The molecule has 66 valence electrons. The van der Waals surface area contributed by atoms with Gasteiger partial charge < -0.3 is 24.0 Å². The second-order valence-corrected chi connectivity index (χ2v) is 3.76. The Labute approximate surface area is 101 Å². The number of rotatable bonds is 5. The average molecular weight is 333 g/mol. The smallest absolute Gasteiger partial charge is 1.00 e. The zero-order valence-electron chi connectivity index (χ0n) is 7.38. The van der Waals surface area contributed by atoms with Gasteiger partial charge in [0.15, 0.2) is 0 Å². The molecular formula is C8H13IO2Zn. The first-order valence-electron chi connectivity index (χ1n) is 3.85. The van der Waals surface area contributed by atoms with Crippen molar-refractivity contribution in [3.05, 3.63) is 12.2 Å². The van der Waals surface area contributed by atoms with Crippen molar-refractivity contribution in [3.63, 3.8) is 0 Å². The summed E-state index contributed by atoms with van der Waals surface area (Å²) in [6, 6.07) is 0. The van der Waals surface area contributed by atoms with E-state index in [1.807, 2.05) is 6.08 Å². The third-order valence-electron chi connectivity index (χ3n) is 1.33. The van der Waals surface area contributed by atoms with Gasteiger partial charge in [0, 0.05) is 0 Å². The molecule has 0 aliphatic carbocycles. The number of halogens is 1. The van der Waals surface area contributed by atoms with Crippen LogP contribution in [0.2, 0.25) is 5.02 Å². The first-order chi connectivity index (χ1) is 5.31. The number of methoxy groups -OCH3 is 1. The van der Waals surface area contributed by atoms with E-state index in [1.165, 1.54) is 49.3 Å². The number of hydrogen-bond acceptors (Lipinski definition) is 2. The first-order valence-corrected chi connectivity index (χ1v) is 5.94. The Morgan fingerprint density at radius 1 is 1.50 bits per heavy atom. The molecule has 0 saturated carbocycles. The Bertz CT molecular complexity index is 137. The van der Waals surface area contributed by atoms with Gasteiger partial charge in [0.25, 0.3) is 0 Å². The van der Waals surface area contributed by atoms with Crippen LogP contribution in [0.4, 0.5) is 0 Å². The van der Waals surface area contributed by atoms with Crippen LogP contribution in [0, 0.1) is 0 Å². The Balaban J connectivity index is 0. The van der Waals surface area contributed by atoms with Crippen molar-refractivity contribution in [2.45, 2.75) is 24.3 Å². The number of ether oxygens (including phenoxy) is 1. The molecule has 4 heteroatoms. The van der Waals surface area contributed by atoms with Gasteiger partial charge in [0.2, 0.25) is 0 Å². The quantitative estimate of drug-likeness (QED) is 0.209. The van der Waals surface area contributed by atoms with E-state index in [4.69, 9.17) is 0 Å². The van der Waals surface area contributed by atoms with E-state index >= 15 is 0 Å². The van der Waals surface area contributed by atoms with Crippen LogP contribution in [0.15, 0.2) is 12.2 Å². The van der Waals surface area contributed by atoms with Gasteiger partial charge >= 0.3 is 77.3 Å². The molecule has 0 aromatic heterocycles. The maximum atomic E-state index is 10.5. The predicted octanol–water partition coefficient (Wildman–Crippen LogP) is -1.14. The van der Waals surface area contributed by atoms with Crippen LogP contribution in [0.5, 0.6) is 0 Å². The SMILES string of the molecule is COC(=O)C=CCCC[CH2][Zn+].[I-]. The second-order valence-electron chi connectivity index (χ2n) is 2.27. The van der Waals surface area contributed by atoms with Crippen molar-refractivity contribution in [1.82, 2.24) is 0 Å². The second kappa shape index (κ2) is 11.6. The van der Waals surface area contributed by atoms with Gasteiger partial charge in [-0.15, -0.1) is 0 Å². The number of esters is 1. The maximum Gasteiger partial charge on any atom is -1.00 e. The van der Waals surface area contributed by atoms with Crippen LogP contribution in [-0.4, -0.2) is 13.1 Å². The predicted molar refractivity (Wildman–Crippen MR) is 39.8 cm³/mol. The van der Waals surface area contributed by atoms with Gasteiger partial charge in [-0.05, 0) is 0 Å². The van der Waals surface area contributed by atoms with E-state index in [0.717, 1.165) is 6.42 Å². The normalized spacial score (nSPS) is 9.58. The summed E-state index contributed by atoms with van der Waals surface area (Å²) in [6.45, 7) is 0. The molecule has 0 unspecified atom stereocenters. The third-order valence-corrected chi connectivity index (χ3v) is 2.37. The maximum absolute atomic E-state index is 10.5. The van der Waals surface area contributed by atoms with Crippen LogP contribution in [-0.2, 0) is 27.8 Å². The van der Waals surface area contributed by atoms with E-state index in [-0.39, 0.29) is 29.9 Å². The third kappa shape index (κ3) is 10.6. The van der Waals surface area contributed by atoms with Gasteiger partial charge in [0.05, 0.1) is 0 Å². The molecule has 0 amide bonds. The average Bonchev–Trinajstić information content (AvgIpc) is 2.04. The van der Waals surface area contributed by atoms with Crippen molar-refractivity contribution in [3.8, 4) is 0 Å². The van der Waals surface area contributed by atoms with Crippen LogP contribution in [0.1, 0.15) is 19.3 Å². The topological polar surface area (TPSA) is 26.3 Å². The van der Waals surface area contributed by atoms with Crippen molar-refractivity contribution in [2.24, 2.45) is 0 Å². The number of carbonyl (C=O) groups excluding carboxylic acids is 1. The molecule has 0 rings (SSSR count). The molecule has 2 nitrogen and oxygen atoms in total. The molecule has 0 aromatic rings. The van der Waals surface area contributed by atoms with Crippen LogP contribution >= 0.6 is 0 Å². The molecule has 0 spiro atoms. The van der Waals surface area contributed by atoms with E-state index in [1.54, 1.807) is 0 Å². The summed E-state index contributed by atoms with van der Waals surface area (Å²) in [4.78, 5) is 10.5. The van der Waals surface area contributed by atoms with E-state index in [0.29, 0.717) is 0 Å². The summed E-state index contributed by atoms with van der Waals surface area (Å²) in [5, 5.41) is 1.34. The van der Waals surface area contributed by atoms with E-state index in [9.17, 15) is 4.79 Å². The van der Waals surface area contributed by atoms with E-state index in [2.05, 4.69) is 4.74 Å². The van der Waals surface area contributed by atoms with Crippen molar-refractivity contribution >= 4 is 5.97 Å². The molecule has 12 heavy (non-hydrogen) atoms. The largest absolute Gasteiger partial charge is 1.00 e. The summed E-state index contributed by atoms with van der Waals surface area (Å²) >= 11 is 1.38. The number of hydrogen-bond donors (Lipinski definition) is 0. The van der Waals surface area contributed by atoms with Crippen LogP contribution < -0.4 is 24.0 Å². The minimum absolute atomic E-state index is 0. The van der Waals surface area contributed by atoms with Crippen molar-refractivity contribution in [2.75, 3.05) is 7.11 Å². The summed E-state index contributed by atoms with van der Waals surface area (Å²) in [7, 11) is 1.39. The summed E-state index contributed by atoms with van der Waals surface area (Å²) in [6.07, 6.45) is 6.83. The fourth-order valence-electron chi connectivity index (χ4n) is 0.687. The fraction of sp³-hybridized carbons (Fsp3) is 0.625. The zero-order chi connectivity index (χ0) is 8.53. The molecule has 0 atom stereocenters. The Kier molecular flexibility index (Phi) is 14.5. The van der Waals surface area contributed by atoms with Crippen LogP contribution in [0.3, 0.4) is 0 Å². The monoisotopic (exact) mass is 332 g/mol. The molecule has 0 heterocycles. The molecule has 0 aromatic carbocycles. The van der Waals surface area contributed by atoms with Gasteiger partial charge in [-0.2, -0.15) is 0 Å². The van der Waals surface area contributed by atoms with Gasteiger partial charge in [0.1, 0.15) is 0 Å². The summed E-state index contributed by atoms with van der Waals surface area (Å²) < 4.78 is 4.44. The van der Waals surface area contributed by atoms with Gasteiger partial charge in [-0.3, -0.25) is 0 Å². The molecule has 0 aliphatic rings. The minimum atomic E-state index is -0.255.